The number of aliphatic imine (C=N–C) groups is 1. The number of nitrogens with one attached hydrogen (secondary N) is 2. The molecular formula is C17H25F3N6O2. The number of carbonyl (C=O) groups is 1. The maximum atomic E-state index is 12.9. The first-order valence-corrected chi connectivity index (χ1v) is 8.92. The highest BCUT2D eigenvalue weighted by Gasteiger charge is 2.35. The molecule has 28 heavy (non-hydrogen) atoms. The molecule has 4 N–H and O–H groups in total. The molecule has 1 aliphatic rings. The van der Waals surface area contributed by atoms with Crippen LogP contribution in [-0.2, 0) is 11.0 Å². The lowest BCUT2D eigenvalue weighted by molar-refractivity contribution is -0.139. The number of guanidine groups is 1. The standard InChI is InChI=1S/C17H25F3N6O2/c1-22-16(25-12-4-8-26(9-5-12)11-14(21)27)24-7-10-28-15-13(17(18,19)20)3-2-6-23-15/h2-3,6,12H,4-5,7-11H2,1H3,(H2,21,27)(H2,22,24,25). The Bertz CT molecular complexity index is 675. The third-order valence-corrected chi connectivity index (χ3v) is 4.24. The molecule has 156 valence electrons. The van der Waals surface area contributed by atoms with Gasteiger partial charge < -0.3 is 21.1 Å². The highest BCUT2D eigenvalue weighted by Crippen LogP contribution is 2.34. The van der Waals surface area contributed by atoms with Gasteiger partial charge >= 0.3 is 6.18 Å². The number of aromatic nitrogens is 1. The van der Waals surface area contributed by atoms with E-state index in [4.69, 9.17) is 10.5 Å². The van der Waals surface area contributed by atoms with Gasteiger partial charge in [-0.05, 0) is 25.0 Å². The minimum Gasteiger partial charge on any atom is -0.475 e. The van der Waals surface area contributed by atoms with E-state index in [-0.39, 0.29) is 31.6 Å². The maximum absolute atomic E-state index is 12.9. The lowest BCUT2D eigenvalue weighted by atomic mass is 10.1. The van der Waals surface area contributed by atoms with E-state index >= 15 is 0 Å². The molecule has 0 aromatic carbocycles. The number of carbonyl (C=O) groups excluding carboxylic acids is 1. The van der Waals surface area contributed by atoms with E-state index < -0.39 is 17.6 Å². The van der Waals surface area contributed by atoms with E-state index in [0.717, 1.165) is 32.0 Å². The van der Waals surface area contributed by atoms with Crippen LogP contribution in [0.2, 0.25) is 0 Å². The van der Waals surface area contributed by atoms with Gasteiger partial charge in [0, 0.05) is 32.4 Å². The minimum absolute atomic E-state index is 0.00213. The molecule has 0 saturated carbocycles. The van der Waals surface area contributed by atoms with Crippen LogP contribution in [0.1, 0.15) is 18.4 Å². The molecule has 1 saturated heterocycles. The lowest BCUT2D eigenvalue weighted by Crippen LogP contribution is -2.50. The summed E-state index contributed by atoms with van der Waals surface area (Å²) in [6, 6.07) is 2.33. The van der Waals surface area contributed by atoms with Gasteiger partial charge in [0.2, 0.25) is 11.8 Å². The van der Waals surface area contributed by atoms with Gasteiger partial charge in [0.15, 0.2) is 5.96 Å². The molecule has 1 amide bonds. The third kappa shape index (κ3) is 6.87. The van der Waals surface area contributed by atoms with E-state index in [1.54, 1.807) is 7.05 Å². The second kappa shape index (κ2) is 10.1. The number of alkyl halides is 3. The van der Waals surface area contributed by atoms with Crippen LogP contribution in [0.25, 0.3) is 0 Å². The first-order chi connectivity index (χ1) is 13.3. The Balaban J connectivity index is 1.73. The van der Waals surface area contributed by atoms with Gasteiger partial charge in [0.1, 0.15) is 12.2 Å². The number of hydrogen-bond donors (Lipinski definition) is 3. The molecule has 8 nitrogen and oxygen atoms in total. The van der Waals surface area contributed by atoms with Crippen LogP contribution in [-0.4, -0.2) is 67.6 Å². The summed E-state index contributed by atoms with van der Waals surface area (Å²) in [4.78, 5) is 20.7. The average Bonchev–Trinajstić information content (AvgIpc) is 2.64. The zero-order valence-corrected chi connectivity index (χ0v) is 15.6. The molecule has 0 unspecified atom stereocenters. The quantitative estimate of drug-likeness (QED) is 0.350. The zero-order chi connectivity index (χ0) is 20.6. The van der Waals surface area contributed by atoms with Crippen molar-refractivity contribution in [1.82, 2.24) is 20.5 Å². The molecule has 1 aromatic heterocycles. The number of piperidine rings is 1. The van der Waals surface area contributed by atoms with E-state index in [0.29, 0.717) is 5.96 Å². The van der Waals surface area contributed by atoms with Crippen molar-refractivity contribution in [3.63, 3.8) is 0 Å². The van der Waals surface area contributed by atoms with Crippen molar-refractivity contribution >= 4 is 11.9 Å². The Morgan fingerprint density at radius 2 is 2.14 bits per heavy atom. The Hall–Kier alpha value is -2.56. The van der Waals surface area contributed by atoms with Crippen molar-refractivity contribution < 1.29 is 22.7 Å². The number of hydrogen-bond acceptors (Lipinski definition) is 5. The first kappa shape index (κ1) is 21.7. The fourth-order valence-corrected chi connectivity index (χ4v) is 2.88. The normalized spacial score (nSPS) is 16.6. The summed E-state index contributed by atoms with van der Waals surface area (Å²) in [5, 5.41) is 6.26. The highest BCUT2D eigenvalue weighted by molar-refractivity contribution is 5.80. The average molecular weight is 402 g/mol. The lowest BCUT2D eigenvalue weighted by Gasteiger charge is -2.32. The monoisotopic (exact) mass is 402 g/mol. The van der Waals surface area contributed by atoms with Crippen LogP contribution in [0.5, 0.6) is 5.88 Å². The highest BCUT2D eigenvalue weighted by atomic mass is 19.4. The number of primary amides is 1. The Morgan fingerprint density at radius 1 is 1.43 bits per heavy atom. The molecule has 1 aromatic rings. The summed E-state index contributed by atoms with van der Waals surface area (Å²) in [5.74, 6) is -0.249. The number of pyridine rings is 1. The maximum Gasteiger partial charge on any atom is 0.421 e. The molecule has 11 heteroatoms. The molecule has 0 spiro atoms. The molecule has 0 radical (unpaired) electrons. The van der Waals surface area contributed by atoms with Crippen LogP contribution in [0, 0.1) is 0 Å². The van der Waals surface area contributed by atoms with Gasteiger partial charge in [-0.15, -0.1) is 0 Å². The summed E-state index contributed by atoms with van der Waals surface area (Å²) in [6.45, 7) is 2.01. The summed E-state index contributed by atoms with van der Waals surface area (Å²) < 4.78 is 43.9. The second-order valence-corrected chi connectivity index (χ2v) is 6.36. The molecule has 1 fully saturated rings. The number of halogens is 3. The van der Waals surface area contributed by atoms with E-state index in [1.807, 2.05) is 4.90 Å². The fourth-order valence-electron chi connectivity index (χ4n) is 2.88. The van der Waals surface area contributed by atoms with Crippen molar-refractivity contribution in [2.75, 3.05) is 39.8 Å². The molecule has 0 bridgehead atoms. The predicted octanol–water partition coefficient (Wildman–Crippen LogP) is 0.594. The third-order valence-electron chi connectivity index (χ3n) is 4.24. The Kier molecular flexibility index (Phi) is 7.85. The second-order valence-electron chi connectivity index (χ2n) is 6.36. The molecule has 2 rings (SSSR count). The number of nitrogens with two attached hydrogens (primary N) is 1. The van der Waals surface area contributed by atoms with Gasteiger partial charge in [0.25, 0.3) is 0 Å². The van der Waals surface area contributed by atoms with Crippen LogP contribution in [0.15, 0.2) is 23.3 Å². The van der Waals surface area contributed by atoms with Crippen molar-refractivity contribution in [3.8, 4) is 5.88 Å². The predicted molar refractivity (Wildman–Crippen MR) is 97.9 cm³/mol. The molecular weight excluding hydrogens is 377 g/mol. The summed E-state index contributed by atoms with van der Waals surface area (Å²) in [6.07, 6.45) is -1.61. The smallest absolute Gasteiger partial charge is 0.421 e. The van der Waals surface area contributed by atoms with Crippen molar-refractivity contribution in [1.29, 1.82) is 0 Å². The zero-order valence-electron chi connectivity index (χ0n) is 15.6. The van der Waals surface area contributed by atoms with Crippen LogP contribution >= 0.6 is 0 Å². The molecule has 1 aliphatic heterocycles. The fraction of sp³-hybridized carbons (Fsp3) is 0.588. The van der Waals surface area contributed by atoms with Crippen LogP contribution in [0.3, 0.4) is 0 Å². The number of amides is 1. The SMILES string of the molecule is CN=C(NCCOc1ncccc1C(F)(F)F)NC1CCN(CC(N)=O)CC1. The molecule has 2 heterocycles. The van der Waals surface area contributed by atoms with Gasteiger partial charge in [0.05, 0.1) is 13.1 Å². The molecule has 0 aliphatic carbocycles. The largest absolute Gasteiger partial charge is 0.475 e. The van der Waals surface area contributed by atoms with Crippen molar-refractivity contribution in [2.24, 2.45) is 10.7 Å². The van der Waals surface area contributed by atoms with Gasteiger partial charge in [-0.25, -0.2) is 4.98 Å². The Labute approximate surface area is 161 Å². The van der Waals surface area contributed by atoms with E-state index in [9.17, 15) is 18.0 Å². The van der Waals surface area contributed by atoms with Crippen molar-refractivity contribution in [3.05, 3.63) is 23.9 Å². The summed E-state index contributed by atoms with van der Waals surface area (Å²) in [5.41, 5.74) is 4.30. The van der Waals surface area contributed by atoms with Crippen LogP contribution < -0.4 is 21.1 Å². The minimum atomic E-state index is -4.52. The Morgan fingerprint density at radius 3 is 2.75 bits per heavy atom. The number of rotatable bonds is 7. The van der Waals surface area contributed by atoms with Crippen LogP contribution in [0.4, 0.5) is 13.2 Å². The van der Waals surface area contributed by atoms with Gasteiger partial charge in [-0.3, -0.25) is 14.7 Å². The van der Waals surface area contributed by atoms with E-state index in [1.165, 1.54) is 12.3 Å². The number of nitrogens with zero attached hydrogens (tertiary/aromatic N) is 3. The first-order valence-electron chi connectivity index (χ1n) is 8.92. The van der Waals surface area contributed by atoms with Crippen molar-refractivity contribution in [2.45, 2.75) is 25.1 Å². The number of likely N-dealkylation sites (tertiary alicyclic amines) is 1. The molecule has 0 atom stereocenters. The van der Waals surface area contributed by atoms with Gasteiger partial charge in [-0.2, -0.15) is 13.2 Å². The van der Waals surface area contributed by atoms with E-state index in [2.05, 4.69) is 20.6 Å². The van der Waals surface area contributed by atoms with Gasteiger partial charge in [-0.1, -0.05) is 0 Å². The number of ether oxygens (including phenoxy) is 1. The summed E-state index contributed by atoms with van der Waals surface area (Å²) in [7, 11) is 1.61. The topological polar surface area (TPSA) is 105 Å². The summed E-state index contributed by atoms with van der Waals surface area (Å²) >= 11 is 0.